The lowest BCUT2D eigenvalue weighted by molar-refractivity contribution is 0.0398. The van der Waals surface area contributed by atoms with Crippen LogP contribution < -0.4 is 5.32 Å². The van der Waals surface area contributed by atoms with E-state index in [-0.39, 0.29) is 10.2 Å². The van der Waals surface area contributed by atoms with E-state index in [1.165, 1.54) is 6.07 Å². The number of hydrogen-bond acceptors (Lipinski definition) is 3. The smallest absolute Gasteiger partial charge is 0.147 e. The molecule has 0 radical (unpaired) electrons. The van der Waals surface area contributed by atoms with Crippen molar-refractivity contribution in [3.63, 3.8) is 0 Å². The van der Waals surface area contributed by atoms with E-state index >= 15 is 0 Å². The summed E-state index contributed by atoms with van der Waals surface area (Å²) < 4.78 is 32.1. The van der Waals surface area contributed by atoms with Crippen LogP contribution in [0.5, 0.6) is 0 Å². The van der Waals surface area contributed by atoms with E-state index in [4.69, 9.17) is 4.74 Å². The van der Waals surface area contributed by atoms with Crippen molar-refractivity contribution in [1.82, 2.24) is 4.90 Å². The Morgan fingerprint density at radius 3 is 2.67 bits per heavy atom. The molecule has 6 heteroatoms. The van der Waals surface area contributed by atoms with Crippen LogP contribution >= 0.6 is 15.9 Å². The topological polar surface area (TPSA) is 24.5 Å². The molecule has 0 unspecified atom stereocenters. The van der Waals surface area contributed by atoms with E-state index in [9.17, 15) is 8.78 Å². The summed E-state index contributed by atoms with van der Waals surface area (Å²) in [6.45, 7) is 4.62. The average Bonchev–Trinajstić information content (AvgIpc) is 2.37. The fraction of sp³-hybridized carbons (Fsp3) is 0.500. The van der Waals surface area contributed by atoms with Gasteiger partial charge in [0.2, 0.25) is 0 Å². The van der Waals surface area contributed by atoms with Gasteiger partial charge in [0.1, 0.15) is 11.6 Å². The van der Waals surface area contributed by atoms with Gasteiger partial charge in [-0.25, -0.2) is 8.78 Å². The number of morpholine rings is 1. The second-order valence-corrected chi connectivity index (χ2v) is 4.98. The average molecular weight is 321 g/mol. The first-order valence-corrected chi connectivity index (χ1v) is 6.64. The standard InChI is InChI=1S/C12H15BrF2N2O/c13-9-7-11(15)12(8-10(9)14)16-1-2-17-3-5-18-6-4-17/h7-8,16H,1-6H2. The third kappa shape index (κ3) is 3.63. The van der Waals surface area contributed by atoms with Crippen LogP contribution in [-0.2, 0) is 4.74 Å². The normalized spacial score (nSPS) is 16.8. The van der Waals surface area contributed by atoms with Crippen molar-refractivity contribution in [3.8, 4) is 0 Å². The van der Waals surface area contributed by atoms with Crippen LogP contribution in [0.15, 0.2) is 16.6 Å². The van der Waals surface area contributed by atoms with E-state index in [0.29, 0.717) is 6.54 Å². The second kappa shape index (κ2) is 6.45. The number of nitrogens with one attached hydrogen (secondary N) is 1. The Morgan fingerprint density at radius 2 is 1.94 bits per heavy atom. The molecule has 1 aliphatic rings. The largest absolute Gasteiger partial charge is 0.381 e. The Hall–Kier alpha value is -0.720. The second-order valence-electron chi connectivity index (χ2n) is 4.13. The third-order valence-corrected chi connectivity index (χ3v) is 3.46. The quantitative estimate of drug-likeness (QED) is 0.863. The van der Waals surface area contributed by atoms with E-state index in [1.807, 2.05) is 0 Å². The number of rotatable bonds is 4. The van der Waals surface area contributed by atoms with Gasteiger partial charge in [-0.15, -0.1) is 0 Å². The molecule has 2 rings (SSSR count). The van der Waals surface area contributed by atoms with Crippen LogP contribution in [0, 0.1) is 11.6 Å². The Bertz CT molecular complexity index is 411. The van der Waals surface area contributed by atoms with Gasteiger partial charge in [-0.1, -0.05) is 0 Å². The van der Waals surface area contributed by atoms with Crippen LogP contribution in [0.2, 0.25) is 0 Å². The van der Waals surface area contributed by atoms with Gasteiger partial charge in [0.05, 0.1) is 23.4 Å². The maximum Gasteiger partial charge on any atom is 0.147 e. The predicted molar refractivity (Wildman–Crippen MR) is 69.8 cm³/mol. The maximum atomic E-state index is 13.5. The molecule has 0 spiro atoms. The summed E-state index contributed by atoms with van der Waals surface area (Å²) >= 11 is 2.95. The summed E-state index contributed by atoms with van der Waals surface area (Å²) in [6.07, 6.45) is 0. The van der Waals surface area contributed by atoms with Gasteiger partial charge in [0, 0.05) is 32.2 Å². The van der Waals surface area contributed by atoms with Gasteiger partial charge in [-0.05, 0) is 22.0 Å². The van der Waals surface area contributed by atoms with Gasteiger partial charge in [-0.2, -0.15) is 0 Å². The minimum Gasteiger partial charge on any atom is -0.381 e. The van der Waals surface area contributed by atoms with E-state index in [1.54, 1.807) is 0 Å². The summed E-state index contributed by atoms with van der Waals surface area (Å²) in [4.78, 5) is 2.23. The Morgan fingerprint density at radius 1 is 1.22 bits per heavy atom. The van der Waals surface area contributed by atoms with E-state index < -0.39 is 11.6 Å². The number of anilines is 1. The highest BCUT2D eigenvalue weighted by Crippen LogP contribution is 2.23. The molecule has 1 fully saturated rings. The zero-order valence-corrected chi connectivity index (χ0v) is 11.5. The first kappa shape index (κ1) is 13.7. The van der Waals surface area contributed by atoms with Crippen LogP contribution in [0.1, 0.15) is 0 Å². The SMILES string of the molecule is Fc1cc(NCCN2CCOCC2)c(F)cc1Br. The molecule has 1 aliphatic heterocycles. The number of benzene rings is 1. The highest BCUT2D eigenvalue weighted by atomic mass is 79.9. The van der Waals surface area contributed by atoms with Gasteiger partial charge < -0.3 is 10.1 Å². The molecule has 3 nitrogen and oxygen atoms in total. The molecule has 1 heterocycles. The molecule has 18 heavy (non-hydrogen) atoms. The molecule has 1 aromatic rings. The molecular formula is C12H15BrF2N2O. The van der Waals surface area contributed by atoms with Gasteiger partial charge in [-0.3, -0.25) is 4.90 Å². The van der Waals surface area contributed by atoms with E-state index in [2.05, 4.69) is 26.1 Å². The van der Waals surface area contributed by atoms with Crippen LogP contribution in [-0.4, -0.2) is 44.3 Å². The molecule has 0 saturated carbocycles. The van der Waals surface area contributed by atoms with E-state index in [0.717, 1.165) is 38.9 Å². The van der Waals surface area contributed by atoms with Crippen LogP contribution in [0.4, 0.5) is 14.5 Å². The fourth-order valence-corrected chi connectivity index (χ4v) is 2.15. The van der Waals surface area contributed by atoms with Crippen LogP contribution in [0.3, 0.4) is 0 Å². The number of ether oxygens (including phenoxy) is 1. The number of halogens is 3. The fourth-order valence-electron chi connectivity index (χ4n) is 1.83. The summed E-state index contributed by atoms with van der Waals surface area (Å²) in [6, 6.07) is 2.30. The third-order valence-electron chi connectivity index (χ3n) is 2.86. The zero-order chi connectivity index (χ0) is 13.0. The molecule has 100 valence electrons. The highest BCUT2D eigenvalue weighted by molar-refractivity contribution is 9.10. The van der Waals surface area contributed by atoms with Gasteiger partial charge in [0.15, 0.2) is 0 Å². The molecule has 0 aliphatic carbocycles. The lowest BCUT2D eigenvalue weighted by atomic mass is 10.3. The lowest BCUT2D eigenvalue weighted by Gasteiger charge is -2.26. The van der Waals surface area contributed by atoms with Crippen molar-refractivity contribution in [2.75, 3.05) is 44.7 Å². The van der Waals surface area contributed by atoms with Crippen molar-refractivity contribution in [2.45, 2.75) is 0 Å². The number of hydrogen-bond donors (Lipinski definition) is 1. The van der Waals surface area contributed by atoms with Crippen molar-refractivity contribution in [2.24, 2.45) is 0 Å². The minimum absolute atomic E-state index is 0.138. The van der Waals surface area contributed by atoms with Crippen LogP contribution in [0.25, 0.3) is 0 Å². The summed E-state index contributed by atoms with van der Waals surface area (Å²) in [5.41, 5.74) is 0.198. The molecule has 1 aromatic carbocycles. The summed E-state index contributed by atoms with van der Waals surface area (Å²) in [5, 5.41) is 2.91. The summed E-state index contributed by atoms with van der Waals surface area (Å²) in [7, 11) is 0. The lowest BCUT2D eigenvalue weighted by Crippen LogP contribution is -2.39. The van der Waals surface area contributed by atoms with Gasteiger partial charge in [0.25, 0.3) is 0 Å². The van der Waals surface area contributed by atoms with Crippen molar-refractivity contribution >= 4 is 21.6 Å². The highest BCUT2D eigenvalue weighted by Gasteiger charge is 2.11. The molecule has 0 bridgehead atoms. The Kier molecular flexibility index (Phi) is 4.91. The Balaban J connectivity index is 1.84. The Labute approximate surface area is 113 Å². The molecule has 0 amide bonds. The maximum absolute atomic E-state index is 13.5. The molecule has 1 N–H and O–H groups in total. The molecule has 0 aromatic heterocycles. The predicted octanol–water partition coefficient (Wildman–Crippen LogP) is 2.47. The molecule has 1 saturated heterocycles. The van der Waals surface area contributed by atoms with Crippen molar-refractivity contribution in [1.29, 1.82) is 0 Å². The first-order valence-electron chi connectivity index (χ1n) is 5.85. The monoisotopic (exact) mass is 320 g/mol. The first-order chi connectivity index (χ1) is 8.66. The molecule has 0 atom stereocenters. The zero-order valence-electron chi connectivity index (χ0n) is 9.89. The molecular weight excluding hydrogens is 306 g/mol. The summed E-state index contributed by atoms with van der Waals surface area (Å²) in [5.74, 6) is -0.921. The van der Waals surface area contributed by atoms with Gasteiger partial charge >= 0.3 is 0 Å². The number of nitrogens with zero attached hydrogens (tertiary/aromatic N) is 1. The van der Waals surface area contributed by atoms with Crippen molar-refractivity contribution in [3.05, 3.63) is 28.2 Å². The minimum atomic E-state index is -0.467. The van der Waals surface area contributed by atoms with Crippen molar-refractivity contribution < 1.29 is 13.5 Å².